The van der Waals surface area contributed by atoms with Crippen molar-refractivity contribution in [3.63, 3.8) is 0 Å². The Hall–Kier alpha value is -1.77. The molecule has 0 fully saturated rings. The molecule has 4 aromatic carbocycles. The van der Waals surface area contributed by atoms with Crippen LogP contribution in [0, 0.1) is 0 Å². The molecule has 0 spiro atoms. The molecule has 0 unspecified atom stereocenters. The predicted molar refractivity (Wildman–Crippen MR) is 131 cm³/mol. The fourth-order valence-corrected chi connectivity index (χ4v) is 4.24. The Morgan fingerprint density at radius 2 is 0.867 bits per heavy atom. The van der Waals surface area contributed by atoms with Gasteiger partial charge in [0.05, 0.1) is 0 Å². The standard InChI is InChI=1S/C12H11Si.2C8H11.Hf/c1-3-7-11(8-4-1)13-12-9-5-2-6-10-12;2*1-2-5-8-6-3-4-7-8;/h1-10,13H;2*3-4,6-7H,2,5H2,1H3;/q;2*-1;. The van der Waals surface area contributed by atoms with Crippen molar-refractivity contribution in [3.05, 3.63) is 120 Å². The van der Waals surface area contributed by atoms with Gasteiger partial charge in [0, 0.05) is 25.8 Å². The van der Waals surface area contributed by atoms with E-state index in [-0.39, 0.29) is 35.4 Å². The molecule has 4 aromatic rings. The molecule has 0 aliphatic carbocycles. The van der Waals surface area contributed by atoms with Crippen LogP contribution < -0.4 is 10.4 Å². The molecule has 0 bridgehead atoms. The topological polar surface area (TPSA) is 0 Å². The average molecular weight is 576 g/mol. The second-order valence-corrected chi connectivity index (χ2v) is 8.67. The van der Waals surface area contributed by atoms with E-state index < -0.39 is 0 Å². The minimum Gasteiger partial charge on any atom is -0.213 e. The van der Waals surface area contributed by atoms with Gasteiger partial charge in [-0.05, 0) is 0 Å². The molecule has 0 saturated heterocycles. The third-order valence-corrected chi connectivity index (χ3v) is 5.91. The van der Waals surface area contributed by atoms with Crippen molar-refractivity contribution in [1.82, 2.24) is 0 Å². The Bertz CT molecular complexity index is 761. The minimum atomic E-state index is 0. The molecule has 0 amide bonds. The summed E-state index contributed by atoms with van der Waals surface area (Å²) in [7, 11) is 0.271. The Kier molecular flexibility index (Phi) is 14.9. The first kappa shape index (κ1) is 26.3. The van der Waals surface area contributed by atoms with Crippen LogP contribution >= 0.6 is 0 Å². The fraction of sp³-hybridized carbons (Fsp3) is 0.214. The molecule has 0 aliphatic heterocycles. The van der Waals surface area contributed by atoms with Crippen molar-refractivity contribution in [2.75, 3.05) is 0 Å². The molecule has 0 aliphatic rings. The van der Waals surface area contributed by atoms with Crippen molar-refractivity contribution in [1.29, 1.82) is 0 Å². The first-order valence-corrected chi connectivity index (χ1v) is 11.8. The van der Waals surface area contributed by atoms with E-state index in [9.17, 15) is 0 Å². The molecular weight excluding hydrogens is 543 g/mol. The van der Waals surface area contributed by atoms with Gasteiger partial charge in [-0.1, -0.05) is 111 Å². The molecule has 0 nitrogen and oxygen atoms in total. The van der Waals surface area contributed by atoms with Gasteiger partial charge in [-0.3, -0.25) is 0 Å². The first-order valence-electron chi connectivity index (χ1n) is 10.7. The van der Waals surface area contributed by atoms with Gasteiger partial charge in [-0.2, -0.15) is 35.4 Å². The average Bonchev–Trinajstić information content (AvgIpc) is 3.46. The largest absolute Gasteiger partial charge is 0.213 e. The van der Waals surface area contributed by atoms with Crippen LogP contribution in [0.25, 0.3) is 0 Å². The van der Waals surface area contributed by atoms with Crippen LogP contribution in [0.3, 0.4) is 0 Å². The van der Waals surface area contributed by atoms with Gasteiger partial charge in [0.2, 0.25) is 0 Å². The van der Waals surface area contributed by atoms with Gasteiger partial charge >= 0.3 is 0 Å². The van der Waals surface area contributed by atoms with Gasteiger partial charge in [0.25, 0.3) is 0 Å². The molecule has 155 valence electrons. The number of rotatable bonds is 6. The van der Waals surface area contributed by atoms with E-state index in [1.807, 2.05) is 0 Å². The Labute approximate surface area is 204 Å². The summed E-state index contributed by atoms with van der Waals surface area (Å²) in [5, 5.41) is 2.90. The third-order valence-electron chi connectivity index (χ3n) is 4.47. The zero-order valence-corrected chi connectivity index (χ0v) is 23.0. The van der Waals surface area contributed by atoms with E-state index in [0.717, 1.165) is 0 Å². The summed E-state index contributed by atoms with van der Waals surface area (Å²) in [6.45, 7) is 4.40. The quantitative estimate of drug-likeness (QED) is 0.202. The molecule has 4 rings (SSSR count). The van der Waals surface area contributed by atoms with Crippen LogP contribution in [0.2, 0.25) is 0 Å². The summed E-state index contributed by atoms with van der Waals surface area (Å²) in [6, 6.07) is 38.4. The number of hydrogen-bond donors (Lipinski definition) is 0. The van der Waals surface area contributed by atoms with Crippen molar-refractivity contribution >= 4 is 19.9 Å². The van der Waals surface area contributed by atoms with Crippen molar-refractivity contribution in [2.24, 2.45) is 0 Å². The van der Waals surface area contributed by atoms with Crippen molar-refractivity contribution in [2.45, 2.75) is 39.5 Å². The maximum absolute atomic E-state index is 2.20. The van der Waals surface area contributed by atoms with Gasteiger partial charge in [0.15, 0.2) is 0 Å². The van der Waals surface area contributed by atoms with E-state index in [0.29, 0.717) is 0 Å². The van der Waals surface area contributed by atoms with Crippen LogP contribution in [0.15, 0.2) is 109 Å². The smallest absolute Gasteiger partial charge is 0.103 e. The Balaban J connectivity index is 0.000000233. The minimum absolute atomic E-state index is 0. The number of aryl methyl sites for hydroxylation is 2. The van der Waals surface area contributed by atoms with Gasteiger partial charge in [-0.15, -0.1) is 0 Å². The maximum Gasteiger partial charge on any atom is 0.103 e. The van der Waals surface area contributed by atoms with Gasteiger partial charge < -0.3 is 0 Å². The second kappa shape index (κ2) is 17.0. The van der Waals surface area contributed by atoms with Crippen LogP contribution in [-0.2, 0) is 38.7 Å². The van der Waals surface area contributed by atoms with E-state index in [1.54, 1.807) is 0 Å². The van der Waals surface area contributed by atoms with E-state index in [1.165, 1.54) is 47.2 Å². The molecule has 1 radical (unpaired) electrons. The third kappa shape index (κ3) is 11.4. The van der Waals surface area contributed by atoms with Crippen LogP contribution in [0.1, 0.15) is 37.8 Å². The molecule has 2 heteroatoms. The van der Waals surface area contributed by atoms with E-state index in [2.05, 4.69) is 123 Å². The maximum atomic E-state index is 2.20. The molecule has 30 heavy (non-hydrogen) atoms. The summed E-state index contributed by atoms with van der Waals surface area (Å²) in [6.07, 6.45) is 4.97. The van der Waals surface area contributed by atoms with Gasteiger partial charge in [0.1, 0.15) is 9.52 Å². The molecular formula is C28H33HfSi-2. The SMILES string of the molecule is CCC[c-]1cccc1.CCC[c-]1cccc1.[Hf].c1ccc([SiH]c2ccccc2)cc1. The first-order chi connectivity index (χ1) is 14.3. The number of benzene rings is 2. The monoisotopic (exact) mass is 577 g/mol. The van der Waals surface area contributed by atoms with Crippen molar-refractivity contribution < 1.29 is 25.8 Å². The molecule has 0 saturated carbocycles. The zero-order valence-electron chi connectivity index (χ0n) is 18.3. The molecule has 0 aromatic heterocycles. The van der Waals surface area contributed by atoms with Crippen LogP contribution in [-0.4, -0.2) is 9.52 Å². The van der Waals surface area contributed by atoms with E-state index in [4.69, 9.17) is 0 Å². The summed E-state index contributed by atoms with van der Waals surface area (Å²) in [5.41, 5.74) is 2.93. The number of hydrogen-bond acceptors (Lipinski definition) is 0. The van der Waals surface area contributed by atoms with Crippen LogP contribution in [0.4, 0.5) is 0 Å². The molecule has 0 atom stereocenters. The van der Waals surface area contributed by atoms with Gasteiger partial charge in [-0.25, -0.2) is 24.3 Å². The summed E-state index contributed by atoms with van der Waals surface area (Å²) >= 11 is 0. The molecule has 0 N–H and O–H groups in total. The fourth-order valence-electron chi connectivity index (χ4n) is 3.03. The predicted octanol–water partition coefficient (Wildman–Crippen LogP) is 5.79. The Morgan fingerprint density at radius 1 is 0.533 bits per heavy atom. The van der Waals surface area contributed by atoms with E-state index >= 15 is 0 Å². The summed E-state index contributed by atoms with van der Waals surface area (Å²) in [5.74, 6) is 0. The normalized spacial score (nSPS) is 9.40. The zero-order chi connectivity index (χ0) is 20.6. The van der Waals surface area contributed by atoms with Crippen LogP contribution in [0.5, 0.6) is 0 Å². The Morgan fingerprint density at radius 3 is 1.17 bits per heavy atom. The molecule has 0 heterocycles. The summed E-state index contributed by atoms with van der Waals surface area (Å²) < 4.78 is 0. The summed E-state index contributed by atoms with van der Waals surface area (Å²) in [4.78, 5) is 0. The second-order valence-electron chi connectivity index (χ2n) is 7.05. The van der Waals surface area contributed by atoms with Crippen molar-refractivity contribution in [3.8, 4) is 0 Å².